The molecule has 0 fully saturated rings. The predicted octanol–water partition coefficient (Wildman–Crippen LogP) is 1.91. The first-order valence-electron chi connectivity index (χ1n) is 3.76. The van der Waals surface area contributed by atoms with Crippen molar-refractivity contribution >= 4 is 23.2 Å². The van der Waals surface area contributed by atoms with Gasteiger partial charge in [-0.05, 0) is 23.8 Å². The van der Waals surface area contributed by atoms with Gasteiger partial charge in [0.2, 0.25) is 0 Å². The van der Waals surface area contributed by atoms with Crippen LogP contribution >= 0.6 is 23.2 Å². The highest BCUT2D eigenvalue weighted by atomic mass is 35.5. The number of hydrogen-bond acceptors (Lipinski definition) is 3. The molecule has 14 heavy (non-hydrogen) atoms. The summed E-state index contributed by atoms with van der Waals surface area (Å²) < 4.78 is 0. The number of benzene rings is 1. The van der Waals surface area contributed by atoms with Gasteiger partial charge in [0.1, 0.15) is 6.10 Å². The van der Waals surface area contributed by atoms with E-state index in [9.17, 15) is 5.11 Å². The number of nitriles is 1. The molecule has 3 nitrogen and oxygen atoms in total. The second kappa shape index (κ2) is 4.63. The van der Waals surface area contributed by atoms with E-state index >= 15 is 0 Å². The van der Waals surface area contributed by atoms with Gasteiger partial charge in [-0.2, -0.15) is 5.26 Å². The Morgan fingerprint density at radius 1 is 1.14 bits per heavy atom. The van der Waals surface area contributed by atoms with Crippen molar-refractivity contribution in [3.05, 3.63) is 33.8 Å². The number of aliphatic hydroxyl groups excluding tert-OH is 2. The van der Waals surface area contributed by atoms with Crippen molar-refractivity contribution in [3.63, 3.8) is 0 Å². The van der Waals surface area contributed by atoms with Gasteiger partial charge in [0.15, 0.2) is 6.10 Å². The van der Waals surface area contributed by atoms with Crippen molar-refractivity contribution in [1.29, 1.82) is 5.26 Å². The van der Waals surface area contributed by atoms with Gasteiger partial charge in [0, 0.05) is 10.0 Å². The zero-order chi connectivity index (χ0) is 10.7. The van der Waals surface area contributed by atoms with Crippen molar-refractivity contribution in [3.8, 4) is 6.07 Å². The minimum absolute atomic E-state index is 0.316. The lowest BCUT2D eigenvalue weighted by atomic mass is 10.1. The summed E-state index contributed by atoms with van der Waals surface area (Å²) in [7, 11) is 0. The molecule has 0 saturated heterocycles. The van der Waals surface area contributed by atoms with E-state index < -0.39 is 12.2 Å². The fourth-order valence-electron chi connectivity index (χ4n) is 0.999. The molecule has 0 heterocycles. The van der Waals surface area contributed by atoms with Crippen molar-refractivity contribution in [2.24, 2.45) is 0 Å². The van der Waals surface area contributed by atoms with Gasteiger partial charge in [0.25, 0.3) is 0 Å². The summed E-state index contributed by atoms with van der Waals surface area (Å²) in [4.78, 5) is 0. The molecule has 0 radical (unpaired) electrons. The molecule has 74 valence electrons. The zero-order valence-electron chi connectivity index (χ0n) is 6.98. The van der Waals surface area contributed by atoms with E-state index in [4.69, 9.17) is 33.6 Å². The molecule has 1 rings (SSSR count). The van der Waals surface area contributed by atoms with E-state index in [2.05, 4.69) is 0 Å². The molecule has 0 amide bonds. The molecule has 0 aliphatic heterocycles. The first-order valence-corrected chi connectivity index (χ1v) is 4.52. The molecule has 0 aromatic heterocycles. The quantitative estimate of drug-likeness (QED) is 0.765. The molecular formula is C9H7Cl2NO2. The highest BCUT2D eigenvalue weighted by Gasteiger charge is 2.18. The summed E-state index contributed by atoms with van der Waals surface area (Å²) >= 11 is 11.4. The van der Waals surface area contributed by atoms with Crippen LogP contribution in [0.4, 0.5) is 0 Å². The van der Waals surface area contributed by atoms with Gasteiger partial charge in [-0.15, -0.1) is 0 Å². The molecule has 1 aromatic rings. The molecule has 5 heteroatoms. The maximum Gasteiger partial charge on any atom is 0.170 e. The van der Waals surface area contributed by atoms with E-state index in [1.807, 2.05) is 0 Å². The van der Waals surface area contributed by atoms with Crippen LogP contribution in [0.3, 0.4) is 0 Å². The Hall–Kier alpha value is -0.790. The van der Waals surface area contributed by atoms with Gasteiger partial charge >= 0.3 is 0 Å². The van der Waals surface area contributed by atoms with Crippen molar-refractivity contribution in [1.82, 2.24) is 0 Å². The van der Waals surface area contributed by atoms with Gasteiger partial charge in [-0.3, -0.25) is 0 Å². The highest BCUT2D eigenvalue weighted by Crippen LogP contribution is 2.25. The molecule has 2 atom stereocenters. The molecule has 0 saturated carbocycles. The number of nitrogens with zero attached hydrogens (tertiary/aromatic N) is 1. The summed E-state index contributed by atoms with van der Waals surface area (Å²) in [5.74, 6) is 0. The van der Waals surface area contributed by atoms with Gasteiger partial charge in [-0.25, -0.2) is 0 Å². The largest absolute Gasteiger partial charge is 0.385 e. The van der Waals surface area contributed by atoms with Crippen LogP contribution in [0.25, 0.3) is 0 Å². The first kappa shape index (κ1) is 11.3. The lowest BCUT2D eigenvalue weighted by Gasteiger charge is -2.12. The Labute approximate surface area is 91.1 Å². The number of aliphatic hydroxyl groups is 2. The molecule has 2 unspecified atom stereocenters. The molecule has 1 aromatic carbocycles. The molecule has 0 aliphatic rings. The van der Waals surface area contributed by atoms with Crippen LogP contribution in [0, 0.1) is 11.3 Å². The number of halogens is 2. The van der Waals surface area contributed by atoms with E-state index in [0.29, 0.717) is 15.6 Å². The fraction of sp³-hybridized carbons (Fsp3) is 0.222. The Kier molecular flexibility index (Phi) is 3.73. The average Bonchev–Trinajstić information content (AvgIpc) is 2.14. The Morgan fingerprint density at radius 2 is 1.64 bits per heavy atom. The lowest BCUT2D eigenvalue weighted by Crippen LogP contribution is -2.15. The summed E-state index contributed by atoms with van der Waals surface area (Å²) in [5, 5.41) is 27.6. The Bertz CT molecular complexity index is 355. The van der Waals surface area contributed by atoms with E-state index in [1.54, 1.807) is 0 Å². The van der Waals surface area contributed by atoms with Crippen LogP contribution in [0.15, 0.2) is 18.2 Å². The smallest absolute Gasteiger partial charge is 0.170 e. The molecule has 0 spiro atoms. The summed E-state index contributed by atoms with van der Waals surface area (Å²) in [6.07, 6.45) is -2.78. The third-order valence-electron chi connectivity index (χ3n) is 1.66. The lowest BCUT2D eigenvalue weighted by molar-refractivity contribution is 0.0528. The first-order chi connectivity index (χ1) is 6.54. The highest BCUT2D eigenvalue weighted by molar-refractivity contribution is 6.34. The molecule has 0 aliphatic carbocycles. The topological polar surface area (TPSA) is 64.2 Å². The minimum atomic E-state index is -1.48. The van der Waals surface area contributed by atoms with Crippen molar-refractivity contribution in [2.45, 2.75) is 12.2 Å². The molecule has 2 N–H and O–H groups in total. The van der Waals surface area contributed by atoms with E-state index in [0.717, 1.165) is 0 Å². The summed E-state index contributed by atoms with van der Waals surface area (Å²) in [6, 6.07) is 5.91. The third kappa shape index (κ3) is 2.60. The van der Waals surface area contributed by atoms with Gasteiger partial charge in [0.05, 0.1) is 6.07 Å². The van der Waals surface area contributed by atoms with Gasteiger partial charge < -0.3 is 10.2 Å². The normalized spacial score (nSPS) is 14.5. The fourth-order valence-corrected chi connectivity index (χ4v) is 1.54. The SMILES string of the molecule is N#CC(O)C(O)c1cc(Cl)cc(Cl)c1. The maximum atomic E-state index is 9.45. The Balaban J connectivity index is 3.02. The van der Waals surface area contributed by atoms with Crippen LogP contribution in [0.5, 0.6) is 0 Å². The monoisotopic (exact) mass is 231 g/mol. The summed E-state index contributed by atoms with van der Waals surface area (Å²) in [5.41, 5.74) is 0.316. The van der Waals surface area contributed by atoms with E-state index in [-0.39, 0.29) is 0 Å². The maximum absolute atomic E-state index is 9.45. The third-order valence-corrected chi connectivity index (χ3v) is 2.09. The Morgan fingerprint density at radius 3 is 2.07 bits per heavy atom. The molecular weight excluding hydrogens is 225 g/mol. The zero-order valence-corrected chi connectivity index (χ0v) is 8.50. The van der Waals surface area contributed by atoms with Crippen molar-refractivity contribution in [2.75, 3.05) is 0 Å². The van der Waals surface area contributed by atoms with Crippen LogP contribution in [-0.2, 0) is 0 Å². The minimum Gasteiger partial charge on any atom is -0.385 e. The second-order valence-corrected chi connectivity index (χ2v) is 3.59. The van der Waals surface area contributed by atoms with Crippen LogP contribution < -0.4 is 0 Å². The standard InChI is InChI=1S/C9H7Cl2NO2/c10-6-1-5(2-7(11)3-6)9(14)8(13)4-12/h1-3,8-9,13-14H. The van der Waals surface area contributed by atoms with Crippen LogP contribution in [0.2, 0.25) is 10.0 Å². The van der Waals surface area contributed by atoms with Crippen molar-refractivity contribution < 1.29 is 10.2 Å². The van der Waals surface area contributed by atoms with Crippen LogP contribution in [0.1, 0.15) is 11.7 Å². The predicted molar refractivity (Wildman–Crippen MR) is 53.0 cm³/mol. The van der Waals surface area contributed by atoms with E-state index in [1.165, 1.54) is 24.3 Å². The van der Waals surface area contributed by atoms with Crippen LogP contribution in [-0.4, -0.2) is 16.3 Å². The molecule has 0 bridgehead atoms. The number of rotatable bonds is 2. The van der Waals surface area contributed by atoms with Gasteiger partial charge in [-0.1, -0.05) is 23.2 Å². The second-order valence-electron chi connectivity index (χ2n) is 2.72. The summed E-state index contributed by atoms with van der Waals surface area (Å²) in [6.45, 7) is 0. The average molecular weight is 232 g/mol. The number of hydrogen-bond donors (Lipinski definition) is 2.